The van der Waals surface area contributed by atoms with E-state index in [9.17, 15) is 4.79 Å². The van der Waals surface area contributed by atoms with Crippen molar-refractivity contribution < 1.29 is 14.3 Å². The van der Waals surface area contributed by atoms with Gasteiger partial charge in [0.2, 0.25) is 5.91 Å². The molecule has 0 radical (unpaired) electrons. The quantitative estimate of drug-likeness (QED) is 0.717. The average Bonchev–Trinajstić information content (AvgIpc) is 2.50. The Kier molecular flexibility index (Phi) is 9.16. The molecule has 1 aromatic carbocycles. The van der Waals surface area contributed by atoms with Gasteiger partial charge in [0.1, 0.15) is 6.61 Å². The van der Waals surface area contributed by atoms with Crippen LogP contribution in [0.4, 0.5) is 5.69 Å². The van der Waals surface area contributed by atoms with Crippen LogP contribution in [0.15, 0.2) is 12.1 Å². The maximum atomic E-state index is 12.4. The summed E-state index contributed by atoms with van der Waals surface area (Å²) in [6.45, 7) is 3.74. The van der Waals surface area contributed by atoms with E-state index in [-0.39, 0.29) is 24.2 Å². The lowest BCUT2D eigenvalue weighted by Gasteiger charge is -2.27. The molecule has 8 heteroatoms. The first-order valence-corrected chi connectivity index (χ1v) is 8.42. The van der Waals surface area contributed by atoms with Gasteiger partial charge in [0.25, 0.3) is 0 Å². The Labute approximate surface area is 158 Å². The van der Waals surface area contributed by atoms with Crippen LogP contribution in [0.25, 0.3) is 0 Å². The van der Waals surface area contributed by atoms with Crippen molar-refractivity contribution in [2.75, 3.05) is 32.2 Å². The van der Waals surface area contributed by atoms with E-state index in [0.717, 1.165) is 19.4 Å². The molecule has 0 aliphatic carbocycles. The van der Waals surface area contributed by atoms with Crippen molar-refractivity contribution in [2.24, 2.45) is 5.92 Å². The van der Waals surface area contributed by atoms with Crippen LogP contribution >= 0.6 is 35.6 Å². The molecule has 0 saturated carbocycles. The molecule has 1 aliphatic heterocycles. The van der Waals surface area contributed by atoms with Crippen molar-refractivity contribution >= 4 is 47.2 Å². The third kappa shape index (κ3) is 5.97. The molecule has 0 aromatic heterocycles. The van der Waals surface area contributed by atoms with Gasteiger partial charge in [-0.25, -0.2) is 0 Å². The number of methoxy groups -OCH3 is 1. The van der Waals surface area contributed by atoms with Crippen molar-refractivity contribution in [2.45, 2.75) is 25.8 Å². The highest BCUT2D eigenvalue weighted by Crippen LogP contribution is 2.36. The molecule has 0 spiro atoms. The molecule has 1 heterocycles. The maximum absolute atomic E-state index is 12.4. The van der Waals surface area contributed by atoms with Crippen LogP contribution in [0.1, 0.15) is 19.8 Å². The van der Waals surface area contributed by atoms with Crippen LogP contribution in [-0.4, -0.2) is 38.8 Å². The van der Waals surface area contributed by atoms with E-state index >= 15 is 0 Å². The molecule has 2 atom stereocenters. The summed E-state index contributed by atoms with van der Waals surface area (Å²) in [6, 6.07) is 3.65. The number of ether oxygens (including phenoxy) is 2. The molecule has 2 N–H and O–H groups in total. The summed E-state index contributed by atoms with van der Waals surface area (Å²) in [5, 5.41) is 6.95. The van der Waals surface area contributed by atoms with E-state index in [4.69, 9.17) is 32.7 Å². The highest BCUT2D eigenvalue weighted by molar-refractivity contribution is 6.37. The van der Waals surface area contributed by atoms with Crippen LogP contribution in [-0.2, 0) is 9.53 Å². The molecule has 1 saturated heterocycles. The molecule has 1 aliphatic rings. The van der Waals surface area contributed by atoms with Crippen LogP contribution in [0, 0.1) is 5.92 Å². The van der Waals surface area contributed by atoms with Crippen molar-refractivity contribution in [3.05, 3.63) is 22.2 Å². The van der Waals surface area contributed by atoms with Gasteiger partial charge in [-0.1, -0.05) is 23.2 Å². The van der Waals surface area contributed by atoms with Gasteiger partial charge in [0, 0.05) is 24.8 Å². The first kappa shape index (κ1) is 21.3. The summed E-state index contributed by atoms with van der Waals surface area (Å²) >= 11 is 12.4. The zero-order chi connectivity index (χ0) is 16.8. The van der Waals surface area contributed by atoms with Crippen LogP contribution in [0.2, 0.25) is 10.0 Å². The summed E-state index contributed by atoms with van der Waals surface area (Å²) in [7, 11) is 1.59. The summed E-state index contributed by atoms with van der Waals surface area (Å²) < 4.78 is 10.4. The van der Waals surface area contributed by atoms with E-state index in [1.807, 2.05) is 0 Å². The molecule has 136 valence electrons. The van der Waals surface area contributed by atoms with Gasteiger partial charge >= 0.3 is 0 Å². The fraction of sp³-hybridized carbons (Fsp3) is 0.562. The lowest BCUT2D eigenvalue weighted by molar-refractivity contribution is -0.120. The maximum Gasteiger partial charge on any atom is 0.227 e. The van der Waals surface area contributed by atoms with E-state index in [1.54, 1.807) is 19.2 Å². The Balaban J connectivity index is 0.00000288. The van der Waals surface area contributed by atoms with E-state index in [1.165, 1.54) is 0 Å². The number of hydrogen-bond donors (Lipinski definition) is 2. The minimum atomic E-state index is -0.00136. The number of piperidine rings is 1. The number of halogens is 3. The topological polar surface area (TPSA) is 59.6 Å². The molecule has 5 nitrogen and oxygen atoms in total. The molecular formula is C16H23Cl3N2O3. The molecule has 24 heavy (non-hydrogen) atoms. The smallest absolute Gasteiger partial charge is 0.227 e. The highest BCUT2D eigenvalue weighted by Gasteiger charge is 2.25. The Morgan fingerprint density at radius 3 is 2.58 bits per heavy atom. The lowest BCUT2D eigenvalue weighted by Crippen LogP contribution is -2.40. The van der Waals surface area contributed by atoms with E-state index in [2.05, 4.69) is 17.6 Å². The second-order valence-corrected chi connectivity index (χ2v) is 6.49. The zero-order valence-corrected chi connectivity index (χ0v) is 16.1. The minimum absolute atomic E-state index is 0. The van der Waals surface area contributed by atoms with Gasteiger partial charge in [0.15, 0.2) is 5.75 Å². The fourth-order valence-electron chi connectivity index (χ4n) is 2.61. The Bertz CT molecular complexity index is 534. The Morgan fingerprint density at radius 2 is 2.00 bits per heavy atom. The number of carbonyl (C=O) groups excluding carboxylic acids is 1. The first-order valence-electron chi connectivity index (χ1n) is 7.66. The average molecular weight is 398 g/mol. The number of carbonyl (C=O) groups is 1. The van der Waals surface area contributed by atoms with Crippen molar-refractivity contribution in [1.29, 1.82) is 0 Å². The summed E-state index contributed by atoms with van der Waals surface area (Å²) in [4.78, 5) is 12.4. The number of benzene rings is 1. The molecule has 0 unspecified atom stereocenters. The molecular weight excluding hydrogens is 375 g/mol. The van der Waals surface area contributed by atoms with Gasteiger partial charge < -0.3 is 20.1 Å². The SMILES string of the molecule is COCCOc1c(Cl)cc(NC(=O)[C@H]2CCN[C@@H](C)C2)cc1Cl.Cl. The van der Waals surface area contributed by atoms with Crippen molar-refractivity contribution in [3.8, 4) is 5.75 Å². The second kappa shape index (κ2) is 10.3. The van der Waals surface area contributed by atoms with Crippen LogP contribution in [0.5, 0.6) is 5.75 Å². The minimum Gasteiger partial charge on any atom is -0.488 e. The number of nitrogens with one attached hydrogen (secondary N) is 2. The zero-order valence-electron chi connectivity index (χ0n) is 13.7. The number of rotatable bonds is 6. The van der Waals surface area contributed by atoms with Gasteiger partial charge in [0.05, 0.1) is 16.7 Å². The predicted octanol–water partition coefficient (Wildman–Crippen LogP) is 3.77. The monoisotopic (exact) mass is 396 g/mol. The molecule has 1 amide bonds. The normalized spacial score (nSPS) is 20.2. The standard InChI is InChI=1S/C16H22Cl2N2O3.ClH/c1-10-7-11(3-4-19-10)16(21)20-12-8-13(17)15(14(18)9-12)23-6-5-22-2;/h8-11,19H,3-7H2,1-2H3,(H,20,21);1H/t10-,11-;/m0./s1. The first-order chi connectivity index (χ1) is 11.0. The highest BCUT2D eigenvalue weighted by atomic mass is 35.5. The van der Waals surface area contributed by atoms with Gasteiger partial charge in [-0.05, 0) is 38.4 Å². The summed E-state index contributed by atoms with van der Waals surface area (Å²) in [5.41, 5.74) is 0.579. The molecule has 1 aromatic rings. The predicted molar refractivity (Wildman–Crippen MR) is 99.9 cm³/mol. The number of hydrogen-bond acceptors (Lipinski definition) is 4. The van der Waals surface area contributed by atoms with E-state index < -0.39 is 0 Å². The van der Waals surface area contributed by atoms with E-state index in [0.29, 0.717) is 40.7 Å². The van der Waals surface area contributed by atoms with Gasteiger partial charge in [-0.15, -0.1) is 12.4 Å². The fourth-order valence-corrected chi connectivity index (χ4v) is 3.21. The van der Waals surface area contributed by atoms with Crippen molar-refractivity contribution in [3.63, 3.8) is 0 Å². The Hall–Kier alpha value is -0.720. The summed E-state index contributed by atoms with van der Waals surface area (Å²) in [6.07, 6.45) is 1.65. The lowest BCUT2D eigenvalue weighted by atomic mass is 9.92. The largest absolute Gasteiger partial charge is 0.488 e. The third-order valence-electron chi connectivity index (χ3n) is 3.79. The number of anilines is 1. The molecule has 2 rings (SSSR count). The third-order valence-corrected chi connectivity index (χ3v) is 4.36. The van der Waals surface area contributed by atoms with Gasteiger partial charge in [-0.2, -0.15) is 0 Å². The number of amides is 1. The van der Waals surface area contributed by atoms with Crippen LogP contribution < -0.4 is 15.4 Å². The van der Waals surface area contributed by atoms with Gasteiger partial charge in [-0.3, -0.25) is 4.79 Å². The molecule has 1 fully saturated rings. The summed E-state index contributed by atoms with van der Waals surface area (Å²) in [5.74, 6) is 0.402. The second-order valence-electron chi connectivity index (χ2n) is 5.68. The van der Waals surface area contributed by atoms with Crippen molar-refractivity contribution in [1.82, 2.24) is 5.32 Å². The Morgan fingerprint density at radius 1 is 1.33 bits per heavy atom. The van der Waals surface area contributed by atoms with Crippen LogP contribution in [0.3, 0.4) is 0 Å². The molecule has 0 bridgehead atoms.